The van der Waals surface area contributed by atoms with Gasteiger partial charge < -0.3 is 16.2 Å². The molecule has 1 aliphatic rings. The summed E-state index contributed by atoms with van der Waals surface area (Å²) < 4.78 is 0. The highest BCUT2D eigenvalue weighted by molar-refractivity contribution is 6.03. The molecule has 1 aliphatic heterocycles. The van der Waals surface area contributed by atoms with Gasteiger partial charge in [0.15, 0.2) is 5.76 Å². The van der Waals surface area contributed by atoms with Gasteiger partial charge in [0.05, 0.1) is 5.57 Å². The number of aliphatic hydroxyl groups is 1. The summed E-state index contributed by atoms with van der Waals surface area (Å²) in [7, 11) is 0. The lowest BCUT2D eigenvalue weighted by atomic mass is 10.1. The minimum atomic E-state index is -0.739. The number of carbonyl (C=O) groups excluding carboxylic acids is 2. The van der Waals surface area contributed by atoms with E-state index in [1.807, 2.05) is 0 Å². The van der Waals surface area contributed by atoms with Gasteiger partial charge in [0.25, 0.3) is 5.91 Å². The van der Waals surface area contributed by atoms with Crippen LogP contribution in [-0.4, -0.2) is 23.5 Å². The molecular formula is C6H8N2O3. The molecule has 1 rings (SSSR count). The predicted molar refractivity (Wildman–Crippen MR) is 36.5 cm³/mol. The Balaban J connectivity index is 2.98. The van der Waals surface area contributed by atoms with E-state index < -0.39 is 17.6 Å². The van der Waals surface area contributed by atoms with Gasteiger partial charge in [-0.1, -0.05) is 0 Å². The van der Waals surface area contributed by atoms with Gasteiger partial charge in [-0.2, -0.15) is 0 Å². The third-order valence-electron chi connectivity index (χ3n) is 1.46. The average Bonchev–Trinajstić information content (AvgIpc) is 1.94. The van der Waals surface area contributed by atoms with Crippen LogP contribution < -0.4 is 11.1 Å². The van der Waals surface area contributed by atoms with Crippen molar-refractivity contribution in [3.63, 3.8) is 0 Å². The molecule has 5 heteroatoms. The SMILES string of the molecule is NC(=O)C1=C(O)C(=O)NCC1. The maximum absolute atomic E-state index is 10.7. The lowest BCUT2D eigenvalue weighted by Gasteiger charge is -2.13. The van der Waals surface area contributed by atoms with Crippen molar-refractivity contribution in [3.8, 4) is 0 Å². The highest BCUT2D eigenvalue weighted by atomic mass is 16.3. The van der Waals surface area contributed by atoms with Gasteiger partial charge in [-0.3, -0.25) is 9.59 Å². The largest absolute Gasteiger partial charge is 0.503 e. The molecule has 0 fully saturated rings. The first-order valence-electron chi connectivity index (χ1n) is 3.13. The second-order valence-electron chi connectivity index (χ2n) is 2.20. The Bertz CT molecular complexity index is 244. The highest BCUT2D eigenvalue weighted by Crippen LogP contribution is 2.09. The van der Waals surface area contributed by atoms with E-state index in [0.717, 1.165) is 0 Å². The number of nitrogens with one attached hydrogen (secondary N) is 1. The number of amides is 2. The zero-order valence-electron chi connectivity index (χ0n) is 5.76. The van der Waals surface area contributed by atoms with Crippen LogP contribution >= 0.6 is 0 Å². The Morgan fingerprint density at radius 3 is 2.73 bits per heavy atom. The molecule has 0 radical (unpaired) electrons. The van der Waals surface area contributed by atoms with Crippen LogP contribution in [0.5, 0.6) is 0 Å². The molecule has 0 aromatic rings. The highest BCUT2D eigenvalue weighted by Gasteiger charge is 2.22. The summed E-state index contributed by atoms with van der Waals surface area (Å²) in [4.78, 5) is 21.2. The Hall–Kier alpha value is -1.52. The molecule has 0 saturated carbocycles. The minimum absolute atomic E-state index is 0.00810. The van der Waals surface area contributed by atoms with Gasteiger partial charge in [-0.25, -0.2) is 0 Å². The molecule has 0 saturated heterocycles. The molecule has 0 unspecified atom stereocenters. The van der Waals surface area contributed by atoms with Crippen molar-refractivity contribution in [2.45, 2.75) is 6.42 Å². The van der Waals surface area contributed by atoms with Crippen LogP contribution in [0.3, 0.4) is 0 Å². The molecule has 1 heterocycles. The first kappa shape index (κ1) is 7.59. The fourth-order valence-corrected chi connectivity index (χ4v) is 0.880. The smallest absolute Gasteiger partial charge is 0.286 e. The van der Waals surface area contributed by atoms with Crippen molar-refractivity contribution in [1.82, 2.24) is 5.32 Å². The fraction of sp³-hybridized carbons (Fsp3) is 0.333. The maximum Gasteiger partial charge on any atom is 0.286 e. The summed E-state index contributed by atoms with van der Waals surface area (Å²) >= 11 is 0. The summed E-state index contributed by atoms with van der Waals surface area (Å²) in [6.07, 6.45) is 0.299. The van der Waals surface area contributed by atoms with Crippen molar-refractivity contribution in [2.75, 3.05) is 6.54 Å². The molecule has 0 spiro atoms. The lowest BCUT2D eigenvalue weighted by molar-refractivity contribution is -0.122. The number of hydrogen-bond donors (Lipinski definition) is 3. The first-order chi connectivity index (χ1) is 5.13. The molecule has 0 aromatic heterocycles. The van der Waals surface area contributed by atoms with Crippen LogP contribution in [0.4, 0.5) is 0 Å². The van der Waals surface area contributed by atoms with Gasteiger partial charge in [-0.05, 0) is 6.42 Å². The van der Waals surface area contributed by atoms with Gasteiger partial charge >= 0.3 is 0 Å². The number of aliphatic hydroxyl groups excluding tert-OH is 1. The Morgan fingerprint density at radius 2 is 2.27 bits per heavy atom. The Kier molecular flexibility index (Phi) is 1.80. The average molecular weight is 156 g/mol. The Morgan fingerprint density at radius 1 is 1.64 bits per heavy atom. The number of carbonyl (C=O) groups is 2. The zero-order valence-corrected chi connectivity index (χ0v) is 5.76. The maximum atomic E-state index is 10.7. The molecule has 4 N–H and O–H groups in total. The number of nitrogens with two attached hydrogens (primary N) is 1. The van der Waals surface area contributed by atoms with E-state index in [-0.39, 0.29) is 5.57 Å². The summed E-state index contributed by atoms with van der Waals surface area (Å²) in [5.41, 5.74) is 4.89. The predicted octanol–water partition coefficient (Wildman–Crippen LogP) is -1.20. The van der Waals surface area contributed by atoms with Crippen LogP contribution in [0.25, 0.3) is 0 Å². The van der Waals surface area contributed by atoms with E-state index in [9.17, 15) is 9.59 Å². The molecule has 0 aliphatic carbocycles. The molecular weight excluding hydrogens is 148 g/mol. The fourth-order valence-electron chi connectivity index (χ4n) is 0.880. The molecule has 5 nitrogen and oxygen atoms in total. The number of rotatable bonds is 1. The lowest BCUT2D eigenvalue weighted by Crippen LogP contribution is -2.35. The summed E-state index contributed by atoms with van der Waals surface area (Å²) in [5.74, 6) is -1.92. The van der Waals surface area contributed by atoms with Gasteiger partial charge in [-0.15, -0.1) is 0 Å². The van der Waals surface area contributed by atoms with Crippen LogP contribution in [-0.2, 0) is 9.59 Å². The second kappa shape index (κ2) is 2.61. The minimum Gasteiger partial charge on any atom is -0.503 e. The monoisotopic (exact) mass is 156 g/mol. The third kappa shape index (κ3) is 1.31. The number of primary amides is 1. The van der Waals surface area contributed by atoms with Crippen LogP contribution in [0.2, 0.25) is 0 Å². The van der Waals surface area contributed by atoms with Crippen LogP contribution in [0, 0.1) is 0 Å². The van der Waals surface area contributed by atoms with Crippen molar-refractivity contribution in [2.24, 2.45) is 5.73 Å². The topological polar surface area (TPSA) is 92.4 Å². The molecule has 60 valence electrons. The molecule has 0 bridgehead atoms. The van der Waals surface area contributed by atoms with Crippen LogP contribution in [0.15, 0.2) is 11.3 Å². The van der Waals surface area contributed by atoms with Crippen molar-refractivity contribution in [1.29, 1.82) is 0 Å². The number of hydrogen-bond acceptors (Lipinski definition) is 3. The van der Waals surface area contributed by atoms with Gasteiger partial charge in [0, 0.05) is 6.54 Å². The molecule has 0 atom stereocenters. The Labute approximate surface area is 62.9 Å². The van der Waals surface area contributed by atoms with E-state index in [1.165, 1.54) is 0 Å². The summed E-state index contributed by atoms with van der Waals surface area (Å²) in [6, 6.07) is 0. The van der Waals surface area contributed by atoms with E-state index in [0.29, 0.717) is 13.0 Å². The molecule has 2 amide bonds. The van der Waals surface area contributed by atoms with Crippen LogP contribution in [0.1, 0.15) is 6.42 Å². The summed E-state index contributed by atoms with van der Waals surface area (Å²) in [5, 5.41) is 11.3. The summed E-state index contributed by atoms with van der Waals surface area (Å²) in [6.45, 7) is 0.348. The van der Waals surface area contributed by atoms with E-state index in [2.05, 4.69) is 5.32 Å². The standard InChI is InChI=1S/C6H8N2O3/c7-5(10)3-1-2-8-6(11)4(3)9/h9H,1-2H2,(H2,7,10)(H,8,11). The third-order valence-corrected chi connectivity index (χ3v) is 1.46. The van der Waals surface area contributed by atoms with Crippen molar-refractivity contribution in [3.05, 3.63) is 11.3 Å². The normalized spacial score (nSPS) is 18.0. The quantitative estimate of drug-likeness (QED) is 0.445. The van der Waals surface area contributed by atoms with Crippen molar-refractivity contribution >= 4 is 11.8 Å². The zero-order chi connectivity index (χ0) is 8.43. The van der Waals surface area contributed by atoms with Gasteiger partial charge in [0.2, 0.25) is 5.91 Å². The molecule has 11 heavy (non-hydrogen) atoms. The first-order valence-corrected chi connectivity index (χ1v) is 3.13. The van der Waals surface area contributed by atoms with Gasteiger partial charge in [0.1, 0.15) is 0 Å². The van der Waals surface area contributed by atoms with E-state index in [1.54, 1.807) is 0 Å². The van der Waals surface area contributed by atoms with Crippen molar-refractivity contribution < 1.29 is 14.7 Å². The van der Waals surface area contributed by atoms with E-state index >= 15 is 0 Å². The van der Waals surface area contributed by atoms with E-state index in [4.69, 9.17) is 10.8 Å². The molecule has 0 aromatic carbocycles. The second-order valence-corrected chi connectivity index (χ2v) is 2.20.